The van der Waals surface area contributed by atoms with Gasteiger partial charge in [0.15, 0.2) is 5.69 Å². The average Bonchev–Trinajstić information content (AvgIpc) is 3.41. The molecule has 1 aliphatic rings. The number of hydrogen-bond donors (Lipinski definition) is 1. The average molecular weight is 386 g/mol. The number of rotatable bonds is 4. The number of fused-ring (bicyclic) bond motifs is 1. The third kappa shape index (κ3) is 3.42. The maximum absolute atomic E-state index is 13.3. The fourth-order valence-electron chi connectivity index (χ4n) is 4.05. The molecule has 4 aromatic rings. The van der Waals surface area contributed by atoms with Gasteiger partial charge in [0.1, 0.15) is 11.8 Å². The molecule has 2 aromatic heterocycles. The van der Waals surface area contributed by atoms with Crippen molar-refractivity contribution >= 4 is 16.8 Å². The molecule has 1 atom stereocenters. The number of amides is 1. The van der Waals surface area contributed by atoms with Crippen LogP contribution in [0.25, 0.3) is 10.9 Å². The molecule has 3 heterocycles. The van der Waals surface area contributed by atoms with E-state index in [4.69, 9.17) is 4.42 Å². The van der Waals surface area contributed by atoms with Crippen molar-refractivity contribution in [2.45, 2.75) is 31.7 Å². The fraction of sp³-hybridized carbons (Fsp3) is 0.261. The first kappa shape index (κ1) is 17.7. The molecule has 0 unspecified atom stereocenters. The van der Waals surface area contributed by atoms with E-state index in [-0.39, 0.29) is 11.9 Å². The van der Waals surface area contributed by atoms with Gasteiger partial charge in [-0.05, 0) is 30.9 Å². The lowest BCUT2D eigenvalue weighted by Crippen LogP contribution is -2.39. The third-order valence-corrected chi connectivity index (χ3v) is 5.51. The number of aromatic nitrogens is 3. The van der Waals surface area contributed by atoms with Gasteiger partial charge in [0, 0.05) is 18.4 Å². The Bertz CT molecular complexity index is 1130. The van der Waals surface area contributed by atoms with Crippen molar-refractivity contribution in [3.8, 4) is 0 Å². The maximum atomic E-state index is 13.3. The molecule has 1 saturated heterocycles. The molecule has 6 nitrogen and oxygen atoms in total. The van der Waals surface area contributed by atoms with E-state index < -0.39 is 0 Å². The van der Waals surface area contributed by atoms with Gasteiger partial charge < -0.3 is 9.32 Å². The molecule has 0 aliphatic carbocycles. The first-order valence-corrected chi connectivity index (χ1v) is 10.0. The zero-order valence-corrected chi connectivity index (χ0v) is 16.0. The summed E-state index contributed by atoms with van der Waals surface area (Å²) in [5, 5.41) is 8.10. The van der Waals surface area contributed by atoms with Crippen LogP contribution < -0.4 is 0 Å². The predicted molar refractivity (Wildman–Crippen MR) is 109 cm³/mol. The van der Waals surface area contributed by atoms with Gasteiger partial charge in [-0.1, -0.05) is 48.5 Å². The van der Waals surface area contributed by atoms with Crippen LogP contribution in [0.1, 0.15) is 53.0 Å². The second-order valence-corrected chi connectivity index (χ2v) is 7.46. The number of aromatic amines is 1. The molecular formula is C23H22N4O2. The van der Waals surface area contributed by atoms with Gasteiger partial charge in [-0.2, -0.15) is 5.10 Å². The lowest BCUT2D eigenvalue weighted by molar-refractivity contribution is 0.0566. The minimum Gasteiger partial charge on any atom is -0.443 e. The topological polar surface area (TPSA) is 75.0 Å². The molecule has 2 aromatic carbocycles. The predicted octanol–water partition coefficient (Wildman–Crippen LogP) is 4.51. The molecule has 5 rings (SSSR count). The zero-order valence-electron chi connectivity index (χ0n) is 16.0. The van der Waals surface area contributed by atoms with Crippen molar-refractivity contribution in [2.75, 3.05) is 6.54 Å². The molecule has 0 radical (unpaired) electrons. The van der Waals surface area contributed by atoms with Crippen molar-refractivity contribution in [2.24, 2.45) is 0 Å². The van der Waals surface area contributed by atoms with Crippen LogP contribution in [0.5, 0.6) is 0 Å². The molecule has 29 heavy (non-hydrogen) atoms. The summed E-state index contributed by atoms with van der Waals surface area (Å²) in [7, 11) is 0. The summed E-state index contributed by atoms with van der Waals surface area (Å²) in [6, 6.07) is 17.7. The van der Waals surface area contributed by atoms with Crippen molar-refractivity contribution in [3.63, 3.8) is 0 Å². The molecule has 0 spiro atoms. The summed E-state index contributed by atoms with van der Waals surface area (Å²) >= 11 is 0. The summed E-state index contributed by atoms with van der Waals surface area (Å²) in [5.74, 6) is 1.35. The van der Waals surface area contributed by atoms with Gasteiger partial charge in [-0.3, -0.25) is 9.89 Å². The van der Waals surface area contributed by atoms with E-state index in [9.17, 15) is 4.79 Å². The van der Waals surface area contributed by atoms with Crippen LogP contribution >= 0.6 is 0 Å². The number of nitrogens with zero attached hydrogens (tertiary/aromatic N) is 3. The van der Waals surface area contributed by atoms with E-state index in [0.29, 0.717) is 24.6 Å². The maximum Gasteiger partial charge on any atom is 0.275 e. The highest BCUT2D eigenvalue weighted by atomic mass is 16.4. The molecule has 0 saturated carbocycles. The van der Waals surface area contributed by atoms with Crippen LogP contribution in [0.2, 0.25) is 0 Å². The number of likely N-dealkylation sites (tertiary alicyclic amines) is 1. The minimum absolute atomic E-state index is 0.0741. The Labute approximate surface area is 168 Å². The monoisotopic (exact) mass is 386 g/mol. The highest BCUT2D eigenvalue weighted by molar-refractivity contribution is 6.04. The number of nitrogens with one attached hydrogen (secondary N) is 1. The first-order chi connectivity index (χ1) is 14.3. The van der Waals surface area contributed by atoms with E-state index in [0.717, 1.165) is 35.9 Å². The van der Waals surface area contributed by atoms with Gasteiger partial charge in [0.05, 0.1) is 11.7 Å². The van der Waals surface area contributed by atoms with Crippen molar-refractivity contribution in [1.82, 2.24) is 20.1 Å². The molecular weight excluding hydrogens is 364 g/mol. The highest BCUT2D eigenvalue weighted by Gasteiger charge is 2.33. The summed E-state index contributed by atoms with van der Waals surface area (Å²) < 4.78 is 6.08. The number of oxazole rings is 1. The van der Waals surface area contributed by atoms with Crippen molar-refractivity contribution < 1.29 is 9.21 Å². The molecule has 1 N–H and O–H groups in total. The smallest absolute Gasteiger partial charge is 0.275 e. The Morgan fingerprint density at radius 2 is 1.93 bits per heavy atom. The Morgan fingerprint density at radius 3 is 2.83 bits per heavy atom. The first-order valence-electron chi connectivity index (χ1n) is 10.0. The molecule has 0 bridgehead atoms. The number of para-hydroxylation sites is 1. The largest absolute Gasteiger partial charge is 0.443 e. The normalized spacial score (nSPS) is 17.0. The number of benzene rings is 2. The molecule has 6 heteroatoms. The van der Waals surface area contributed by atoms with Gasteiger partial charge in [0.25, 0.3) is 5.91 Å². The standard InChI is InChI=1S/C23H22N4O2/c28-23(21-18-10-4-5-11-19(18)25-26-21)27-13-7-6-12-20(27)22-24-15-17(29-22)14-16-8-2-1-3-9-16/h1-5,8-11,15,20H,6-7,12-14H2,(H,25,26)/t20-/m1/s1. The van der Waals surface area contributed by atoms with Crippen LogP contribution in [0, 0.1) is 0 Å². The van der Waals surface area contributed by atoms with E-state index in [1.54, 1.807) is 6.20 Å². The second kappa shape index (κ2) is 7.54. The van der Waals surface area contributed by atoms with Crippen molar-refractivity contribution in [3.05, 3.63) is 83.7 Å². The lowest BCUT2D eigenvalue weighted by Gasteiger charge is -2.33. The molecule has 1 amide bonds. The second-order valence-electron chi connectivity index (χ2n) is 7.46. The number of hydrogen-bond acceptors (Lipinski definition) is 4. The summed E-state index contributed by atoms with van der Waals surface area (Å²) in [4.78, 5) is 19.7. The highest BCUT2D eigenvalue weighted by Crippen LogP contribution is 2.33. The molecule has 146 valence electrons. The number of carbonyl (C=O) groups is 1. The van der Waals surface area contributed by atoms with Gasteiger partial charge >= 0.3 is 0 Å². The lowest BCUT2D eigenvalue weighted by atomic mass is 10.0. The summed E-state index contributed by atoms with van der Waals surface area (Å²) in [6.45, 7) is 0.682. The third-order valence-electron chi connectivity index (χ3n) is 5.51. The number of carbonyl (C=O) groups excluding carboxylic acids is 1. The van der Waals surface area contributed by atoms with E-state index in [1.807, 2.05) is 47.4 Å². The van der Waals surface area contributed by atoms with Crippen LogP contribution in [0.3, 0.4) is 0 Å². The quantitative estimate of drug-likeness (QED) is 0.560. The Kier molecular flexibility index (Phi) is 4.60. The van der Waals surface area contributed by atoms with Gasteiger partial charge in [0.2, 0.25) is 5.89 Å². The van der Waals surface area contributed by atoms with E-state index >= 15 is 0 Å². The molecule has 1 aliphatic heterocycles. The fourth-order valence-corrected chi connectivity index (χ4v) is 4.05. The van der Waals surface area contributed by atoms with Crippen molar-refractivity contribution in [1.29, 1.82) is 0 Å². The van der Waals surface area contributed by atoms with Crippen LogP contribution in [-0.4, -0.2) is 32.5 Å². The van der Waals surface area contributed by atoms with E-state index in [1.165, 1.54) is 5.56 Å². The Balaban J connectivity index is 1.41. The summed E-state index contributed by atoms with van der Waals surface area (Å²) in [5.41, 5.74) is 2.50. The Morgan fingerprint density at radius 1 is 1.10 bits per heavy atom. The van der Waals surface area contributed by atoms with Crippen LogP contribution in [0.15, 0.2) is 65.2 Å². The van der Waals surface area contributed by atoms with Gasteiger partial charge in [-0.15, -0.1) is 0 Å². The van der Waals surface area contributed by atoms with Gasteiger partial charge in [-0.25, -0.2) is 4.98 Å². The number of H-pyrrole nitrogens is 1. The number of piperidine rings is 1. The molecule has 1 fully saturated rings. The Hall–Kier alpha value is -3.41. The zero-order chi connectivity index (χ0) is 19.6. The minimum atomic E-state index is -0.156. The van der Waals surface area contributed by atoms with E-state index in [2.05, 4.69) is 27.3 Å². The van der Waals surface area contributed by atoms with Crippen LogP contribution in [0.4, 0.5) is 0 Å². The van der Waals surface area contributed by atoms with Crippen LogP contribution in [-0.2, 0) is 6.42 Å². The SMILES string of the molecule is O=C(c1n[nH]c2ccccc12)N1CCCC[C@@H]1c1ncc(Cc2ccccc2)o1. The summed E-state index contributed by atoms with van der Waals surface area (Å²) in [6.07, 6.45) is 5.34.